The molecule has 0 radical (unpaired) electrons. The van der Waals surface area contributed by atoms with Gasteiger partial charge in [0.1, 0.15) is 0 Å². The molecule has 0 fully saturated rings. The lowest BCUT2D eigenvalue weighted by molar-refractivity contribution is 0.174. The predicted octanol–water partition coefficient (Wildman–Crippen LogP) is 4.78. The zero-order chi connectivity index (χ0) is 13.2. The van der Waals surface area contributed by atoms with E-state index in [0.717, 1.165) is 21.7 Å². The van der Waals surface area contributed by atoms with Crippen molar-refractivity contribution in [2.24, 2.45) is 0 Å². The van der Waals surface area contributed by atoms with Crippen molar-refractivity contribution in [3.63, 3.8) is 0 Å². The summed E-state index contributed by atoms with van der Waals surface area (Å²) in [7, 11) is 0. The molecule has 0 amide bonds. The normalized spacial score (nSPS) is 12.7. The Labute approximate surface area is 125 Å². The van der Waals surface area contributed by atoms with E-state index in [0.29, 0.717) is 6.79 Å². The summed E-state index contributed by atoms with van der Waals surface area (Å²) in [5.74, 6) is 2.55. The standard InChI is InChI=1S/C15H13BrO2S/c1-10-2-4-12(5-3-10)19-8-11-6-14-15(7-13(11)16)18-9-17-14/h2-7H,8-9H2,1H3. The van der Waals surface area contributed by atoms with Crippen molar-refractivity contribution < 1.29 is 9.47 Å². The number of thioether (sulfide) groups is 1. The minimum absolute atomic E-state index is 0.316. The van der Waals surface area contributed by atoms with Gasteiger partial charge in [0.25, 0.3) is 0 Å². The first-order valence-corrected chi connectivity index (χ1v) is 7.78. The van der Waals surface area contributed by atoms with Gasteiger partial charge < -0.3 is 9.47 Å². The first kappa shape index (κ1) is 12.9. The molecule has 3 rings (SSSR count). The zero-order valence-electron chi connectivity index (χ0n) is 10.5. The van der Waals surface area contributed by atoms with Crippen molar-refractivity contribution in [2.75, 3.05) is 6.79 Å². The highest BCUT2D eigenvalue weighted by molar-refractivity contribution is 9.10. The van der Waals surface area contributed by atoms with Crippen LogP contribution in [0.2, 0.25) is 0 Å². The first-order chi connectivity index (χ1) is 9.22. The number of aryl methyl sites for hydroxylation is 1. The van der Waals surface area contributed by atoms with Crippen LogP contribution >= 0.6 is 27.7 Å². The quantitative estimate of drug-likeness (QED) is 0.751. The maximum Gasteiger partial charge on any atom is 0.231 e. The molecule has 1 heterocycles. The average Bonchev–Trinajstić information content (AvgIpc) is 2.85. The number of benzene rings is 2. The van der Waals surface area contributed by atoms with Crippen LogP contribution in [0.1, 0.15) is 11.1 Å². The first-order valence-electron chi connectivity index (χ1n) is 6.00. The van der Waals surface area contributed by atoms with E-state index in [1.165, 1.54) is 16.0 Å². The van der Waals surface area contributed by atoms with E-state index < -0.39 is 0 Å². The SMILES string of the molecule is Cc1ccc(SCc2cc3c(cc2Br)OCO3)cc1. The minimum Gasteiger partial charge on any atom is -0.454 e. The summed E-state index contributed by atoms with van der Waals surface area (Å²) < 4.78 is 11.8. The molecule has 98 valence electrons. The van der Waals surface area contributed by atoms with Crippen LogP contribution in [0.15, 0.2) is 45.8 Å². The van der Waals surface area contributed by atoms with Gasteiger partial charge in [0.2, 0.25) is 6.79 Å². The molecule has 0 unspecified atom stereocenters. The van der Waals surface area contributed by atoms with Gasteiger partial charge in [-0.2, -0.15) is 0 Å². The molecule has 0 aromatic heterocycles. The summed E-state index contributed by atoms with van der Waals surface area (Å²) in [5, 5.41) is 0. The molecule has 0 N–H and O–H groups in total. The van der Waals surface area contributed by atoms with Crippen LogP contribution in [0.4, 0.5) is 0 Å². The number of fused-ring (bicyclic) bond motifs is 1. The molecule has 2 aromatic carbocycles. The number of hydrogen-bond donors (Lipinski definition) is 0. The molecule has 0 spiro atoms. The van der Waals surface area contributed by atoms with Gasteiger partial charge in [-0.15, -0.1) is 11.8 Å². The fourth-order valence-electron chi connectivity index (χ4n) is 1.87. The van der Waals surface area contributed by atoms with Gasteiger partial charge in [0.15, 0.2) is 11.5 Å². The van der Waals surface area contributed by atoms with E-state index in [4.69, 9.17) is 9.47 Å². The molecule has 0 bridgehead atoms. The Morgan fingerprint density at radius 2 is 1.79 bits per heavy atom. The van der Waals surface area contributed by atoms with E-state index in [2.05, 4.69) is 47.1 Å². The molecule has 19 heavy (non-hydrogen) atoms. The van der Waals surface area contributed by atoms with Crippen molar-refractivity contribution >= 4 is 27.7 Å². The van der Waals surface area contributed by atoms with Crippen LogP contribution in [0, 0.1) is 6.92 Å². The van der Waals surface area contributed by atoms with Crippen molar-refractivity contribution in [3.8, 4) is 11.5 Å². The van der Waals surface area contributed by atoms with Crippen LogP contribution in [0.3, 0.4) is 0 Å². The third kappa shape index (κ3) is 2.90. The average molecular weight is 337 g/mol. The largest absolute Gasteiger partial charge is 0.454 e. The molecule has 0 atom stereocenters. The number of rotatable bonds is 3. The smallest absolute Gasteiger partial charge is 0.231 e. The summed E-state index contributed by atoms with van der Waals surface area (Å²) >= 11 is 5.40. The Bertz CT molecular complexity index is 596. The van der Waals surface area contributed by atoms with E-state index in [1.807, 2.05) is 23.9 Å². The lowest BCUT2D eigenvalue weighted by atomic mass is 10.2. The maximum absolute atomic E-state index is 5.41. The summed E-state index contributed by atoms with van der Waals surface area (Å²) in [5.41, 5.74) is 2.50. The van der Waals surface area contributed by atoms with Gasteiger partial charge >= 0.3 is 0 Å². The van der Waals surface area contributed by atoms with Gasteiger partial charge in [-0.3, -0.25) is 0 Å². The summed E-state index contributed by atoms with van der Waals surface area (Å²) in [6.07, 6.45) is 0. The second-order valence-electron chi connectivity index (χ2n) is 4.40. The fourth-order valence-corrected chi connectivity index (χ4v) is 3.40. The lowest BCUT2D eigenvalue weighted by Gasteiger charge is -2.06. The van der Waals surface area contributed by atoms with Crippen LogP contribution < -0.4 is 9.47 Å². The van der Waals surface area contributed by atoms with Crippen LogP contribution in [0.5, 0.6) is 11.5 Å². The summed E-state index contributed by atoms with van der Waals surface area (Å²) in [4.78, 5) is 1.27. The van der Waals surface area contributed by atoms with Crippen LogP contribution in [-0.4, -0.2) is 6.79 Å². The van der Waals surface area contributed by atoms with Crippen molar-refractivity contribution in [2.45, 2.75) is 17.6 Å². The zero-order valence-corrected chi connectivity index (χ0v) is 12.9. The Morgan fingerprint density at radius 3 is 2.53 bits per heavy atom. The van der Waals surface area contributed by atoms with E-state index in [-0.39, 0.29) is 0 Å². The maximum atomic E-state index is 5.41. The fraction of sp³-hybridized carbons (Fsp3) is 0.200. The van der Waals surface area contributed by atoms with Gasteiger partial charge in [-0.25, -0.2) is 0 Å². The molecule has 0 saturated carbocycles. The van der Waals surface area contributed by atoms with Gasteiger partial charge in [0, 0.05) is 15.1 Å². The van der Waals surface area contributed by atoms with Crippen molar-refractivity contribution in [3.05, 3.63) is 52.0 Å². The predicted molar refractivity (Wildman–Crippen MR) is 81.0 cm³/mol. The molecule has 4 heteroatoms. The van der Waals surface area contributed by atoms with Gasteiger partial charge in [0.05, 0.1) is 0 Å². The molecule has 0 saturated heterocycles. The van der Waals surface area contributed by atoms with Gasteiger partial charge in [-0.05, 0) is 36.8 Å². The van der Waals surface area contributed by atoms with Gasteiger partial charge in [-0.1, -0.05) is 33.6 Å². The molecule has 1 aliphatic rings. The second kappa shape index (κ2) is 5.47. The second-order valence-corrected chi connectivity index (χ2v) is 6.30. The monoisotopic (exact) mass is 336 g/mol. The Balaban J connectivity index is 1.75. The highest BCUT2D eigenvalue weighted by Crippen LogP contribution is 2.38. The third-order valence-electron chi connectivity index (χ3n) is 2.96. The molecule has 2 nitrogen and oxygen atoms in total. The number of hydrogen-bond acceptors (Lipinski definition) is 3. The highest BCUT2D eigenvalue weighted by atomic mass is 79.9. The van der Waals surface area contributed by atoms with Crippen molar-refractivity contribution in [1.29, 1.82) is 0 Å². The molecule has 1 aliphatic heterocycles. The van der Waals surface area contributed by atoms with E-state index >= 15 is 0 Å². The van der Waals surface area contributed by atoms with E-state index in [1.54, 1.807) is 0 Å². The Kier molecular flexibility index (Phi) is 3.71. The summed E-state index contributed by atoms with van der Waals surface area (Å²) in [6.45, 7) is 2.42. The molecular weight excluding hydrogens is 324 g/mol. The van der Waals surface area contributed by atoms with Crippen LogP contribution in [-0.2, 0) is 5.75 Å². The molecular formula is C15H13BrO2S. The topological polar surface area (TPSA) is 18.5 Å². The minimum atomic E-state index is 0.316. The highest BCUT2D eigenvalue weighted by Gasteiger charge is 2.16. The summed E-state index contributed by atoms with van der Waals surface area (Å²) in [6, 6.07) is 12.6. The third-order valence-corrected chi connectivity index (χ3v) is 4.76. The lowest BCUT2D eigenvalue weighted by Crippen LogP contribution is -1.92. The number of ether oxygens (including phenoxy) is 2. The molecule has 2 aromatic rings. The molecule has 0 aliphatic carbocycles. The Morgan fingerprint density at radius 1 is 1.11 bits per heavy atom. The van der Waals surface area contributed by atoms with Crippen molar-refractivity contribution in [1.82, 2.24) is 0 Å². The van der Waals surface area contributed by atoms with Crippen LogP contribution in [0.25, 0.3) is 0 Å². The number of halogens is 1. The van der Waals surface area contributed by atoms with E-state index in [9.17, 15) is 0 Å². The Hall–Kier alpha value is -1.13.